The normalized spacial score (nSPS) is 14.2. The molecule has 2 aromatic rings. The molecule has 0 aromatic heterocycles. The van der Waals surface area contributed by atoms with E-state index in [1.54, 1.807) is 24.3 Å². The Labute approximate surface area is 166 Å². The third kappa shape index (κ3) is 5.50. The summed E-state index contributed by atoms with van der Waals surface area (Å²) >= 11 is 0. The van der Waals surface area contributed by atoms with Crippen LogP contribution >= 0.6 is 0 Å². The number of benzene rings is 2. The van der Waals surface area contributed by atoms with Crippen molar-refractivity contribution >= 4 is 28.9 Å². The topological polar surface area (TPSA) is 134 Å². The van der Waals surface area contributed by atoms with E-state index in [9.17, 15) is 24.8 Å². The Morgan fingerprint density at radius 3 is 2.28 bits per heavy atom. The smallest absolute Gasteiger partial charge is 0.310 e. The van der Waals surface area contributed by atoms with Gasteiger partial charge in [-0.15, -0.1) is 0 Å². The van der Waals surface area contributed by atoms with E-state index in [2.05, 4.69) is 10.6 Å². The monoisotopic (exact) mass is 400 g/mol. The van der Waals surface area contributed by atoms with E-state index in [0.717, 1.165) is 25.2 Å². The zero-order valence-corrected chi connectivity index (χ0v) is 15.5. The molecule has 0 spiro atoms. The van der Waals surface area contributed by atoms with Gasteiger partial charge >= 0.3 is 5.69 Å². The molecule has 0 aliphatic carbocycles. The van der Waals surface area contributed by atoms with Crippen molar-refractivity contribution in [2.24, 2.45) is 0 Å². The maximum absolute atomic E-state index is 12.3. The standard InChI is InChI=1S/C19H20N4O6/c24-17-11-13(1-6-16(17)23(27)28)19(26)21-15-4-2-14(3-5-15)20-18(25)12-22-7-9-29-10-8-22/h1-6,11,24H,7-10,12H2,(H,20,25)(H,21,26). The van der Waals surface area contributed by atoms with Gasteiger partial charge in [-0.1, -0.05) is 0 Å². The Balaban J connectivity index is 1.55. The van der Waals surface area contributed by atoms with Crippen LogP contribution in [0.25, 0.3) is 0 Å². The molecule has 29 heavy (non-hydrogen) atoms. The Bertz CT molecular complexity index is 909. The first kappa shape index (κ1) is 20.2. The highest BCUT2D eigenvalue weighted by Crippen LogP contribution is 2.26. The number of amides is 2. The summed E-state index contributed by atoms with van der Waals surface area (Å²) in [4.78, 5) is 36.3. The predicted octanol–water partition coefficient (Wildman–Crippen LogP) is 1.82. The summed E-state index contributed by atoms with van der Waals surface area (Å²) in [5.74, 6) is -1.25. The Morgan fingerprint density at radius 2 is 1.69 bits per heavy atom. The molecule has 10 heteroatoms. The van der Waals surface area contributed by atoms with Crippen LogP contribution in [0.2, 0.25) is 0 Å². The predicted molar refractivity (Wildman–Crippen MR) is 105 cm³/mol. The van der Waals surface area contributed by atoms with Crippen LogP contribution < -0.4 is 10.6 Å². The van der Waals surface area contributed by atoms with Crippen molar-refractivity contribution in [3.05, 3.63) is 58.1 Å². The lowest BCUT2D eigenvalue weighted by atomic mass is 10.1. The fraction of sp³-hybridized carbons (Fsp3) is 0.263. The van der Waals surface area contributed by atoms with Gasteiger partial charge in [0.05, 0.1) is 24.7 Å². The van der Waals surface area contributed by atoms with Crippen molar-refractivity contribution in [1.82, 2.24) is 4.90 Å². The van der Waals surface area contributed by atoms with Gasteiger partial charge in [0.1, 0.15) is 0 Å². The Hall–Kier alpha value is -3.50. The summed E-state index contributed by atoms with van der Waals surface area (Å²) in [6.07, 6.45) is 0. The summed E-state index contributed by atoms with van der Waals surface area (Å²) in [6.45, 7) is 2.96. The maximum Gasteiger partial charge on any atom is 0.310 e. The minimum absolute atomic E-state index is 0.0796. The number of nitrogens with zero attached hydrogens (tertiary/aromatic N) is 2. The molecular formula is C19H20N4O6. The molecule has 152 valence electrons. The van der Waals surface area contributed by atoms with Crippen LogP contribution in [0.3, 0.4) is 0 Å². The van der Waals surface area contributed by atoms with Crippen molar-refractivity contribution in [3.8, 4) is 5.75 Å². The first-order valence-corrected chi connectivity index (χ1v) is 8.91. The van der Waals surface area contributed by atoms with Gasteiger partial charge in [0.15, 0.2) is 5.75 Å². The molecule has 1 aliphatic heterocycles. The van der Waals surface area contributed by atoms with Gasteiger partial charge in [-0.05, 0) is 36.4 Å². The lowest BCUT2D eigenvalue weighted by molar-refractivity contribution is -0.385. The van der Waals surface area contributed by atoms with Crippen LogP contribution in [0.15, 0.2) is 42.5 Å². The summed E-state index contributed by atoms with van der Waals surface area (Å²) in [7, 11) is 0. The van der Waals surface area contributed by atoms with Crippen molar-refractivity contribution in [2.45, 2.75) is 0 Å². The quantitative estimate of drug-likeness (QED) is 0.497. The number of ether oxygens (including phenoxy) is 1. The number of nitro benzene ring substituents is 1. The number of phenols is 1. The number of aromatic hydroxyl groups is 1. The second-order valence-electron chi connectivity index (χ2n) is 6.43. The molecule has 2 aromatic carbocycles. The van der Waals surface area contributed by atoms with Gasteiger partial charge in [-0.3, -0.25) is 24.6 Å². The Morgan fingerprint density at radius 1 is 1.07 bits per heavy atom. The van der Waals surface area contributed by atoms with E-state index < -0.39 is 22.3 Å². The van der Waals surface area contributed by atoms with Crippen LogP contribution in [0, 0.1) is 10.1 Å². The molecule has 2 amide bonds. The van der Waals surface area contributed by atoms with Crippen molar-refractivity contribution in [1.29, 1.82) is 0 Å². The van der Waals surface area contributed by atoms with Crippen LogP contribution in [-0.2, 0) is 9.53 Å². The zero-order valence-electron chi connectivity index (χ0n) is 15.5. The molecule has 3 rings (SSSR count). The summed E-state index contributed by atoms with van der Waals surface area (Å²) in [5, 5.41) is 25.8. The number of rotatable bonds is 6. The third-order valence-electron chi connectivity index (χ3n) is 4.33. The SMILES string of the molecule is O=C(CN1CCOCC1)Nc1ccc(NC(=O)c2ccc([N+](=O)[O-])c(O)c2)cc1. The van der Waals surface area contributed by atoms with E-state index in [1.807, 2.05) is 4.90 Å². The number of anilines is 2. The number of carbonyl (C=O) groups is 2. The number of nitro groups is 1. The molecule has 3 N–H and O–H groups in total. The largest absolute Gasteiger partial charge is 0.502 e. The molecule has 1 aliphatic rings. The van der Waals surface area contributed by atoms with E-state index >= 15 is 0 Å². The molecule has 0 saturated carbocycles. The van der Waals surface area contributed by atoms with E-state index in [1.165, 1.54) is 6.07 Å². The molecule has 0 atom stereocenters. The molecule has 0 radical (unpaired) electrons. The van der Waals surface area contributed by atoms with Gasteiger partial charge in [0, 0.05) is 36.1 Å². The van der Waals surface area contributed by atoms with Crippen molar-refractivity contribution < 1.29 is 24.4 Å². The second-order valence-corrected chi connectivity index (χ2v) is 6.43. The van der Waals surface area contributed by atoms with Gasteiger partial charge in [-0.2, -0.15) is 0 Å². The summed E-state index contributed by atoms with van der Waals surface area (Å²) in [6, 6.07) is 9.90. The molecule has 0 bridgehead atoms. The average molecular weight is 400 g/mol. The third-order valence-corrected chi connectivity index (χ3v) is 4.33. The van der Waals surface area contributed by atoms with Crippen LogP contribution in [0.4, 0.5) is 17.1 Å². The average Bonchev–Trinajstić information content (AvgIpc) is 2.69. The first-order chi connectivity index (χ1) is 13.9. The summed E-state index contributed by atoms with van der Waals surface area (Å²) < 4.78 is 5.25. The highest BCUT2D eigenvalue weighted by atomic mass is 16.6. The lowest BCUT2D eigenvalue weighted by Gasteiger charge is -2.25. The molecule has 0 unspecified atom stereocenters. The minimum Gasteiger partial charge on any atom is -0.502 e. The number of phenolic OH excluding ortho intramolecular Hbond substituents is 1. The first-order valence-electron chi connectivity index (χ1n) is 8.91. The van der Waals surface area contributed by atoms with Crippen molar-refractivity contribution in [3.63, 3.8) is 0 Å². The van der Waals surface area contributed by atoms with E-state index in [-0.39, 0.29) is 18.0 Å². The highest BCUT2D eigenvalue weighted by Gasteiger charge is 2.17. The molecule has 10 nitrogen and oxygen atoms in total. The number of hydrogen-bond donors (Lipinski definition) is 3. The van der Waals surface area contributed by atoms with Crippen LogP contribution in [0.5, 0.6) is 5.75 Å². The van der Waals surface area contributed by atoms with E-state index in [4.69, 9.17) is 4.74 Å². The molecule has 1 heterocycles. The zero-order chi connectivity index (χ0) is 20.8. The van der Waals surface area contributed by atoms with Crippen molar-refractivity contribution in [2.75, 3.05) is 43.5 Å². The van der Waals surface area contributed by atoms with Crippen LogP contribution in [0.1, 0.15) is 10.4 Å². The number of hydrogen-bond acceptors (Lipinski definition) is 7. The van der Waals surface area contributed by atoms with E-state index in [0.29, 0.717) is 24.6 Å². The highest BCUT2D eigenvalue weighted by molar-refractivity contribution is 6.05. The Kier molecular flexibility index (Phi) is 6.37. The second kappa shape index (κ2) is 9.13. The molecule has 1 saturated heterocycles. The van der Waals surface area contributed by atoms with Gasteiger partial charge in [0.2, 0.25) is 5.91 Å². The number of carbonyl (C=O) groups excluding carboxylic acids is 2. The fourth-order valence-electron chi connectivity index (χ4n) is 2.82. The minimum atomic E-state index is -0.733. The van der Waals surface area contributed by atoms with Gasteiger partial charge in [0.25, 0.3) is 5.91 Å². The van der Waals surface area contributed by atoms with Gasteiger partial charge in [-0.25, -0.2) is 0 Å². The number of nitrogens with one attached hydrogen (secondary N) is 2. The molecule has 1 fully saturated rings. The lowest BCUT2D eigenvalue weighted by Crippen LogP contribution is -2.41. The number of morpholine rings is 1. The summed E-state index contributed by atoms with van der Waals surface area (Å²) in [5.41, 5.74) is 0.669. The maximum atomic E-state index is 12.3. The van der Waals surface area contributed by atoms with Gasteiger partial charge < -0.3 is 20.5 Å². The molecular weight excluding hydrogens is 380 g/mol. The van der Waals surface area contributed by atoms with Crippen LogP contribution in [-0.4, -0.2) is 59.6 Å². The fourth-order valence-corrected chi connectivity index (χ4v) is 2.82.